The molecule has 1 saturated heterocycles. The summed E-state index contributed by atoms with van der Waals surface area (Å²) in [4.78, 5) is 12.4. The summed E-state index contributed by atoms with van der Waals surface area (Å²) in [7, 11) is -3.27. The lowest BCUT2D eigenvalue weighted by Gasteiger charge is -2.21. The molecule has 9 nitrogen and oxygen atoms in total. The zero-order valence-electron chi connectivity index (χ0n) is 13.2. The molecular weight excluding hydrogens is 336 g/mol. The minimum atomic E-state index is -3.27. The minimum absolute atomic E-state index is 0.117. The normalized spacial score (nSPS) is 23.8. The van der Waals surface area contributed by atoms with E-state index in [0.717, 1.165) is 0 Å². The summed E-state index contributed by atoms with van der Waals surface area (Å²) in [5, 5.41) is 13.1. The van der Waals surface area contributed by atoms with Gasteiger partial charge in [0.25, 0.3) is 0 Å². The molecule has 3 rings (SSSR count). The molecule has 1 amide bonds. The zero-order valence-corrected chi connectivity index (χ0v) is 14.0. The molecule has 2 aromatic heterocycles. The molecule has 3 unspecified atom stereocenters. The number of nitrogens with zero attached hydrogens (tertiary/aromatic N) is 2. The molecule has 1 fully saturated rings. The third-order valence-corrected chi connectivity index (χ3v) is 5.61. The Morgan fingerprint density at radius 1 is 1.33 bits per heavy atom. The third kappa shape index (κ3) is 3.58. The van der Waals surface area contributed by atoms with Gasteiger partial charge in [-0.05, 0) is 19.1 Å². The Kier molecular flexibility index (Phi) is 4.31. The fourth-order valence-electron chi connectivity index (χ4n) is 2.62. The molecular formula is C14H18N4O5S. The smallest absolute Gasteiger partial charge is 0.315 e. The second-order valence-electron chi connectivity index (χ2n) is 5.81. The van der Waals surface area contributed by atoms with E-state index in [2.05, 4.69) is 20.8 Å². The molecule has 2 N–H and O–H groups in total. The average Bonchev–Trinajstić information content (AvgIpc) is 3.20. The minimum Gasteiger partial charge on any atom is -0.469 e. The van der Waals surface area contributed by atoms with Crippen molar-refractivity contribution in [3.8, 4) is 0 Å². The molecule has 130 valence electrons. The maximum absolute atomic E-state index is 12.4. The zero-order chi connectivity index (χ0) is 17.3. The molecule has 3 heterocycles. The molecule has 1 aliphatic heterocycles. The highest BCUT2D eigenvalue weighted by Crippen LogP contribution is 2.20. The number of amides is 1. The number of carbonyl (C=O) groups is 1. The van der Waals surface area contributed by atoms with E-state index < -0.39 is 27.8 Å². The quantitative estimate of drug-likeness (QED) is 0.793. The van der Waals surface area contributed by atoms with Crippen LogP contribution < -0.4 is 10.6 Å². The first-order valence-electron chi connectivity index (χ1n) is 7.45. The Hall–Kier alpha value is -2.36. The van der Waals surface area contributed by atoms with Crippen LogP contribution in [0, 0.1) is 6.92 Å². The molecule has 0 saturated carbocycles. The fourth-order valence-corrected chi connectivity index (χ4v) is 4.48. The summed E-state index contributed by atoms with van der Waals surface area (Å²) in [6.45, 7) is 3.33. The van der Waals surface area contributed by atoms with E-state index in [1.807, 2.05) is 0 Å². The molecule has 0 radical (unpaired) electrons. The van der Waals surface area contributed by atoms with Crippen molar-refractivity contribution in [1.29, 1.82) is 0 Å². The Balaban J connectivity index is 1.70. The number of carbonyl (C=O) groups excluding carboxylic acids is 1. The Labute approximate surface area is 138 Å². The number of hydrogen-bond donors (Lipinski definition) is 2. The topological polar surface area (TPSA) is 127 Å². The van der Waals surface area contributed by atoms with Crippen LogP contribution in [0.15, 0.2) is 27.2 Å². The van der Waals surface area contributed by atoms with E-state index >= 15 is 0 Å². The van der Waals surface area contributed by atoms with Gasteiger partial charge in [-0.15, -0.1) is 5.10 Å². The summed E-state index contributed by atoms with van der Waals surface area (Å²) in [6, 6.07) is 2.40. The highest BCUT2D eigenvalue weighted by Gasteiger charge is 2.40. The molecule has 0 aromatic carbocycles. The van der Waals surface area contributed by atoms with Crippen LogP contribution in [-0.2, 0) is 14.6 Å². The van der Waals surface area contributed by atoms with Gasteiger partial charge in [-0.2, -0.15) is 0 Å². The summed E-state index contributed by atoms with van der Waals surface area (Å²) in [5.41, 5.74) is 0. The van der Waals surface area contributed by atoms with Gasteiger partial charge >= 0.3 is 6.01 Å². The summed E-state index contributed by atoms with van der Waals surface area (Å²) < 4.78 is 34.3. The van der Waals surface area contributed by atoms with Crippen molar-refractivity contribution in [3.63, 3.8) is 0 Å². The molecule has 0 spiro atoms. The lowest BCUT2D eigenvalue weighted by Crippen LogP contribution is -2.47. The number of aromatic nitrogens is 2. The molecule has 10 heteroatoms. The number of nitrogens with one attached hydrogen (secondary N) is 2. The van der Waals surface area contributed by atoms with Crippen molar-refractivity contribution in [3.05, 3.63) is 30.0 Å². The van der Waals surface area contributed by atoms with Gasteiger partial charge in [0.15, 0.2) is 9.84 Å². The van der Waals surface area contributed by atoms with E-state index in [1.54, 1.807) is 26.0 Å². The first kappa shape index (κ1) is 16.5. The number of anilines is 1. The summed E-state index contributed by atoms with van der Waals surface area (Å²) in [6.07, 6.45) is 1.49. The molecule has 0 aliphatic carbocycles. The number of rotatable bonds is 5. The van der Waals surface area contributed by atoms with Gasteiger partial charge in [-0.1, -0.05) is 5.10 Å². The predicted molar refractivity (Wildman–Crippen MR) is 84.2 cm³/mol. The molecule has 24 heavy (non-hydrogen) atoms. The summed E-state index contributed by atoms with van der Waals surface area (Å²) >= 11 is 0. The van der Waals surface area contributed by atoms with E-state index in [0.29, 0.717) is 11.7 Å². The molecule has 0 bridgehead atoms. The number of furan rings is 1. The van der Waals surface area contributed by atoms with Gasteiger partial charge in [-0.3, -0.25) is 4.79 Å². The number of sulfone groups is 1. The van der Waals surface area contributed by atoms with Crippen LogP contribution in [0.25, 0.3) is 0 Å². The average molecular weight is 354 g/mol. The second-order valence-corrected chi connectivity index (χ2v) is 7.96. The van der Waals surface area contributed by atoms with Crippen LogP contribution in [-0.4, -0.2) is 48.1 Å². The van der Waals surface area contributed by atoms with Gasteiger partial charge in [-0.25, -0.2) is 8.42 Å². The van der Waals surface area contributed by atoms with Gasteiger partial charge in [0, 0.05) is 6.92 Å². The van der Waals surface area contributed by atoms with Crippen molar-refractivity contribution >= 4 is 21.8 Å². The van der Waals surface area contributed by atoms with Gasteiger partial charge < -0.3 is 19.5 Å². The molecule has 1 aliphatic rings. The summed E-state index contributed by atoms with van der Waals surface area (Å²) in [5.74, 6) is -0.200. The highest BCUT2D eigenvalue weighted by atomic mass is 32.2. The maximum Gasteiger partial charge on any atom is 0.315 e. The number of aryl methyl sites for hydroxylation is 1. The number of hydrogen-bond acceptors (Lipinski definition) is 8. The Bertz CT molecular complexity index is 814. The van der Waals surface area contributed by atoms with Crippen LogP contribution in [0.3, 0.4) is 0 Å². The predicted octanol–water partition coefficient (Wildman–Crippen LogP) is 0.468. The van der Waals surface area contributed by atoms with E-state index in [1.165, 1.54) is 6.26 Å². The van der Waals surface area contributed by atoms with Crippen LogP contribution >= 0.6 is 0 Å². The van der Waals surface area contributed by atoms with Crippen LogP contribution in [0.5, 0.6) is 0 Å². The largest absolute Gasteiger partial charge is 0.469 e. The third-order valence-electron chi connectivity index (χ3n) is 3.88. The van der Waals surface area contributed by atoms with Crippen LogP contribution in [0.4, 0.5) is 6.01 Å². The van der Waals surface area contributed by atoms with Crippen molar-refractivity contribution in [1.82, 2.24) is 15.5 Å². The van der Waals surface area contributed by atoms with Gasteiger partial charge in [0.05, 0.1) is 35.8 Å². The first-order valence-corrected chi connectivity index (χ1v) is 9.27. The standard InChI is InChI=1S/C14H18N4O5S/c1-8(12-4-3-5-22-12)13(19)15-10-6-24(20,21)7-11(10)16-14-18-17-9(2)23-14/h3-5,8,10-11H,6-7H2,1-2H3,(H,15,19)(H,16,18). The van der Waals surface area contributed by atoms with E-state index in [4.69, 9.17) is 8.83 Å². The van der Waals surface area contributed by atoms with Crippen LogP contribution in [0.1, 0.15) is 24.5 Å². The molecule has 3 atom stereocenters. The van der Waals surface area contributed by atoms with Crippen molar-refractivity contribution in [2.45, 2.75) is 31.8 Å². The Morgan fingerprint density at radius 2 is 2.08 bits per heavy atom. The van der Waals surface area contributed by atoms with Crippen molar-refractivity contribution in [2.24, 2.45) is 0 Å². The van der Waals surface area contributed by atoms with Crippen molar-refractivity contribution in [2.75, 3.05) is 16.8 Å². The van der Waals surface area contributed by atoms with Crippen molar-refractivity contribution < 1.29 is 22.0 Å². The second kappa shape index (κ2) is 6.27. The monoisotopic (exact) mass is 354 g/mol. The lowest BCUT2D eigenvalue weighted by molar-refractivity contribution is -0.123. The van der Waals surface area contributed by atoms with Gasteiger partial charge in [0.1, 0.15) is 5.76 Å². The SMILES string of the molecule is Cc1nnc(NC2CS(=O)(=O)CC2NC(=O)C(C)c2ccco2)o1. The maximum atomic E-state index is 12.4. The van der Waals surface area contributed by atoms with Gasteiger partial charge in [0.2, 0.25) is 11.8 Å². The van der Waals surface area contributed by atoms with E-state index in [-0.39, 0.29) is 23.4 Å². The fraction of sp³-hybridized carbons (Fsp3) is 0.500. The van der Waals surface area contributed by atoms with E-state index in [9.17, 15) is 13.2 Å². The Morgan fingerprint density at radius 3 is 2.71 bits per heavy atom. The molecule has 2 aromatic rings. The highest BCUT2D eigenvalue weighted by molar-refractivity contribution is 7.91. The van der Waals surface area contributed by atoms with Crippen LogP contribution in [0.2, 0.25) is 0 Å². The lowest BCUT2D eigenvalue weighted by atomic mass is 10.1. The first-order chi connectivity index (χ1) is 11.3.